The van der Waals surface area contributed by atoms with E-state index in [2.05, 4.69) is 5.32 Å². The average Bonchev–Trinajstić information content (AvgIpc) is 2.39. The van der Waals surface area contributed by atoms with E-state index < -0.39 is 11.6 Å². The SMILES string of the molecule is CCC1C(=O)NC(C)(C)C(=O)N1Cc1cc(Cl)ccc1Cl. The average molecular weight is 329 g/mol. The molecule has 0 spiro atoms. The highest BCUT2D eigenvalue weighted by Gasteiger charge is 2.44. The van der Waals surface area contributed by atoms with Gasteiger partial charge in [-0.1, -0.05) is 30.1 Å². The first-order valence-corrected chi connectivity index (χ1v) is 7.59. The van der Waals surface area contributed by atoms with Crippen LogP contribution in [0.4, 0.5) is 0 Å². The predicted molar refractivity (Wildman–Crippen MR) is 83.3 cm³/mol. The molecule has 114 valence electrons. The van der Waals surface area contributed by atoms with Crippen molar-refractivity contribution >= 4 is 35.0 Å². The number of benzene rings is 1. The van der Waals surface area contributed by atoms with E-state index in [1.807, 2.05) is 6.92 Å². The molecular weight excluding hydrogens is 311 g/mol. The van der Waals surface area contributed by atoms with Crippen molar-refractivity contribution in [3.05, 3.63) is 33.8 Å². The van der Waals surface area contributed by atoms with Gasteiger partial charge in [0, 0.05) is 16.6 Å². The molecule has 1 fully saturated rings. The van der Waals surface area contributed by atoms with Gasteiger partial charge in [0.1, 0.15) is 11.6 Å². The topological polar surface area (TPSA) is 49.4 Å². The Kier molecular flexibility index (Phi) is 4.49. The fourth-order valence-electron chi connectivity index (χ4n) is 2.52. The van der Waals surface area contributed by atoms with E-state index in [-0.39, 0.29) is 18.4 Å². The summed E-state index contributed by atoms with van der Waals surface area (Å²) in [5.74, 6) is -0.259. The molecule has 1 unspecified atom stereocenters. The predicted octanol–water partition coefficient (Wildman–Crippen LogP) is 3.01. The van der Waals surface area contributed by atoms with Gasteiger partial charge >= 0.3 is 0 Å². The maximum atomic E-state index is 12.6. The standard InChI is InChI=1S/C15H18Cl2N2O2/c1-4-12-13(20)18-15(2,3)14(21)19(12)8-9-7-10(16)5-6-11(9)17/h5-7,12H,4,8H2,1-3H3,(H,18,20). The smallest absolute Gasteiger partial charge is 0.248 e. The molecule has 2 rings (SSSR count). The largest absolute Gasteiger partial charge is 0.340 e. The second-order valence-corrected chi connectivity index (χ2v) is 6.55. The van der Waals surface area contributed by atoms with Gasteiger partial charge in [0.15, 0.2) is 0 Å². The van der Waals surface area contributed by atoms with Gasteiger partial charge < -0.3 is 10.2 Å². The van der Waals surface area contributed by atoms with Gasteiger partial charge in [0.2, 0.25) is 11.8 Å². The first-order valence-electron chi connectivity index (χ1n) is 6.83. The molecule has 6 heteroatoms. The Morgan fingerprint density at radius 3 is 2.57 bits per heavy atom. The van der Waals surface area contributed by atoms with E-state index in [9.17, 15) is 9.59 Å². The van der Waals surface area contributed by atoms with E-state index in [0.29, 0.717) is 16.5 Å². The van der Waals surface area contributed by atoms with Crippen molar-refractivity contribution in [3.8, 4) is 0 Å². The highest BCUT2D eigenvalue weighted by atomic mass is 35.5. The molecule has 1 heterocycles. The van der Waals surface area contributed by atoms with Crippen LogP contribution in [-0.4, -0.2) is 28.3 Å². The van der Waals surface area contributed by atoms with Gasteiger partial charge in [-0.2, -0.15) is 0 Å². The number of nitrogens with one attached hydrogen (secondary N) is 1. The summed E-state index contributed by atoms with van der Waals surface area (Å²) in [6.45, 7) is 5.55. The molecule has 0 saturated carbocycles. The van der Waals surface area contributed by atoms with Crippen LogP contribution in [0, 0.1) is 0 Å². The molecule has 21 heavy (non-hydrogen) atoms. The van der Waals surface area contributed by atoms with Crippen molar-refractivity contribution in [1.82, 2.24) is 10.2 Å². The third-order valence-corrected chi connectivity index (χ3v) is 4.25. The Hall–Kier alpha value is -1.26. The molecular formula is C15H18Cl2N2O2. The van der Waals surface area contributed by atoms with Crippen molar-refractivity contribution in [2.45, 2.75) is 45.3 Å². The summed E-state index contributed by atoms with van der Waals surface area (Å²) in [6, 6.07) is 4.63. The molecule has 1 N–H and O–H groups in total. The number of hydrogen-bond donors (Lipinski definition) is 1. The Labute approximate surface area is 134 Å². The Morgan fingerprint density at radius 2 is 1.95 bits per heavy atom. The summed E-state index contributed by atoms with van der Waals surface area (Å²) < 4.78 is 0. The van der Waals surface area contributed by atoms with Crippen LogP contribution in [-0.2, 0) is 16.1 Å². The zero-order valence-corrected chi connectivity index (χ0v) is 13.8. The van der Waals surface area contributed by atoms with Gasteiger partial charge in [-0.25, -0.2) is 0 Å². The molecule has 4 nitrogen and oxygen atoms in total. The minimum Gasteiger partial charge on any atom is -0.340 e. The summed E-state index contributed by atoms with van der Waals surface area (Å²) in [6.07, 6.45) is 0.547. The first kappa shape index (κ1) is 16.1. The maximum Gasteiger partial charge on any atom is 0.248 e. The van der Waals surface area contributed by atoms with Crippen LogP contribution in [0.2, 0.25) is 10.0 Å². The lowest BCUT2D eigenvalue weighted by Crippen LogP contribution is -2.67. The van der Waals surface area contributed by atoms with Crippen molar-refractivity contribution < 1.29 is 9.59 Å². The number of piperazine rings is 1. The van der Waals surface area contributed by atoms with Crippen LogP contribution < -0.4 is 5.32 Å². The van der Waals surface area contributed by atoms with Gasteiger partial charge in [-0.15, -0.1) is 0 Å². The third-order valence-electron chi connectivity index (χ3n) is 3.65. The number of halogens is 2. The van der Waals surface area contributed by atoms with Gasteiger partial charge in [-0.3, -0.25) is 9.59 Å². The lowest BCUT2D eigenvalue weighted by Gasteiger charge is -2.42. The quantitative estimate of drug-likeness (QED) is 0.927. The van der Waals surface area contributed by atoms with Crippen molar-refractivity contribution in [2.24, 2.45) is 0 Å². The molecule has 0 radical (unpaired) electrons. The van der Waals surface area contributed by atoms with Crippen LogP contribution in [0.25, 0.3) is 0 Å². The van der Waals surface area contributed by atoms with Crippen LogP contribution in [0.15, 0.2) is 18.2 Å². The van der Waals surface area contributed by atoms with E-state index in [1.54, 1.807) is 36.9 Å². The Balaban J connectivity index is 2.36. The highest BCUT2D eigenvalue weighted by molar-refractivity contribution is 6.33. The molecule has 0 aliphatic carbocycles. The number of hydrogen-bond acceptors (Lipinski definition) is 2. The number of carbonyl (C=O) groups excluding carboxylic acids is 2. The number of carbonyl (C=O) groups is 2. The fraction of sp³-hybridized carbons (Fsp3) is 0.467. The second-order valence-electron chi connectivity index (χ2n) is 5.71. The van der Waals surface area contributed by atoms with Gasteiger partial charge in [-0.05, 0) is 44.0 Å². The zero-order chi connectivity index (χ0) is 15.8. The minimum absolute atomic E-state index is 0.120. The Bertz CT molecular complexity index is 587. The molecule has 2 amide bonds. The second kappa shape index (κ2) is 5.85. The van der Waals surface area contributed by atoms with Gasteiger partial charge in [0.05, 0.1) is 0 Å². The molecule has 1 aromatic rings. The monoisotopic (exact) mass is 328 g/mol. The number of amides is 2. The first-order chi connectivity index (χ1) is 9.76. The van der Waals surface area contributed by atoms with Crippen LogP contribution in [0.5, 0.6) is 0 Å². The number of nitrogens with zero attached hydrogens (tertiary/aromatic N) is 1. The van der Waals surface area contributed by atoms with Crippen LogP contribution in [0.3, 0.4) is 0 Å². The zero-order valence-electron chi connectivity index (χ0n) is 12.2. The molecule has 1 aliphatic rings. The third kappa shape index (κ3) is 3.16. The molecule has 0 aromatic heterocycles. The van der Waals surface area contributed by atoms with Crippen molar-refractivity contribution in [2.75, 3.05) is 0 Å². The van der Waals surface area contributed by atoms with E-state index >= 15 is 0 Å². The van der Waals surface area contributed by atoms with E-state index in [0.717, 1.165) is 5.56 Å². The summed E-state index contributed by atoms with van der Waals surface area (Å²) in [7, 11) is 0. The summed E-state index contributed by atoms with van der Waals surface area (Å²) in [5, 5.41) is 3.84. The van der Waals surface area contributed by atoms with E-state index in [1.165, 1.54) is 0 Å². The molecule has 1 aromatic carbocycles. The molecule has 1 saturated heterocycles. The minimum atomic E-state index is -0.909. The van der Waals surface area contributed by atoms with Crippen molar-refractivity contribution in [3.63, 3.8) is 0 Å². The van der Waals surface area contributed by atoms with Crippen LogP contribution >= 0.6 is 23.2 Å². The summed E-state index contributed by atoms with van der Waals surface area (Å²) in [4.78, 5) is 26.4. The lowest BCUT2D eigenvalue weighted by atomic mass is 9.95. The molecule has 0 bridgehead atoms. The Morgan fingerprint density at radius 1 is 1.29 bits per heavy atom. The number of rotatable bonds is 3. The molecule has 1 atom stereocenters. The maximum absolute atomic E-state index is 12.6. The van der Waals surface area contributed by atoms with Crippen molar-refractivity contribution in [1.29, 1.82) is 0 Å². The summed E-state index contributed by atoms with van der Waals surface area (Å²) >= 11 is 12.1. The molecule has 1 aliphatic heterocycles. The highest BCUT2D eigenvalue weighted by Crippen LogP contribution is 2.27. The summed E-state index contributed by atoms with van der Waals surface area (Å²) in [5.41, 5.74) is -0.171. The van der Waals surface area contributed by atoms with Crippen LogP contribution in [0.1, 0.15) is 32.8 Å². The normalized spacial score (nSPS) is 21.4. The van der Waals surface area contributed by atoms with E-state index in [4.69, 9.17) is 23.2 Å². The fourth-order valence-corrected chi connectivity index (χ4v) is 2.89. The lowest BCUT2D eigenvalue weighted by molar-refractivity contribution is -0.154. The van der Waals surface area contributed by atoms with Gasteiger partial charge in [0.25, 0.3) is 0 Å².